The van der Waals surface area contributed by atoms with Crippen LogP contribution < -0.4 is 5.73 Å². The van der Waals surface area contributed by atoms with E-state index < -0.39 is 23.0 Å². The van der Waals surface area contributed by atoms with Crippen molar-refractivity contribution in [2.75, 3.05) is 0 Å². The fourth-order valence-electron chi connectivity index (χ4n) is 1.85. The van der Waals surface area contributed by atoms with Crippen LogP contribution in [0.5, 0.6) is 0 Å². The van der Waals surface area contributed by atoms with Crippen LogP contribution in [0.4, 0.5) is 13.2 Å². The Bertz CT molecular complexity index is 603. The summed E-state index contributed by atoms with van der Waals surface area (Å²) in [4.78, 5) is 4.07. The minimum atomic E-state index is -1.47. The molecule has 2 aromatic rings. The Balaban J connectivity index is 2.70. The summed E-state index contributed by atoms with van der Waals surface area (Å²) in [6.45, 7) is 3.56. The first-order chi connectivity index (χ1) is 8.29. The summed E-state index contributed by atoms with van der Waals surface area (Å²) in [5, 5.41) is 0.274. The predicted molar refractivity (Wildman–Crippen MR) is 63.6 cm³/mol. The molecule has 0 unspecified atom stereocenters. The summed E-state index contributed by atoms with van der Waals surface area (Å²) in [5.41, 5.74) is 5.75. The van der Waals surface area contributed by atoms with Gasteiger partial charge < -0.3 is 5.73 Å². The van der Waals surface area contributed by atoms with Gasteiger partial charge in [-0.3, -0.25) is 4.98 Å². The predicted octanol–water partition coefficient (Wildman–Crippen LogP) is 2.93. The maximum absolute atomic E-state index is 13.6. The van der Waals surface area contributed by atoms with E-state index in [9.17, 15) is 13.2 Å². The van der Waals surface area contributed by atoms with E-state index in [0.29, 0.717) is 12.1 Å². The number of hydrogen-bond donors (Lipinski definition) is 1. The van der Waals surface area contributed by atoms with Crippen LogP contribution in [0.2, 0.25) is 0 Å². The first-order valence-corrected chi connectivity index (χ1v) is 5.49. The van der Waals surface area contributed by atoms with E-state index in [1.807, 2.05) is 0 Å². The first-order valence-electron chi connectivity index (χ1n) is 5.49. The molecule has 0 bridgehead atoms. The van der Waals surface area contributed by atoms with Crippen molar-refractivity contribution < 1.29 is 13.2 Å². The number of nitrogens with zero attached hydrogens (tertiary/aromatic N) is 1. The van der Waals surface area contributed by atoms with Gasteiger partial charge in [0.1, 0.15) is 0 Å². The van der Waals surface area contributed by atoms with Crippen LogP contribution in [0, 0.1) is 17.5 Å². The summed E-state index contributed by atoms with van der Waals surface area (Å²) in [5.74, 6) is -3.88. The standard InChI is InChI=1S/C13H13F3N2/c1-13(2,17)6-10-8-5-9(14)12(16)11(15)7(8)3-4-18-10/h3-5H,6,17H2,1-2H3. The molecular weight excluding hydrogens is 241 g/mol. The van der Waals surface area contributed by atoms with Crippen LogP contribution in [-0.4, -0.2) is 10.5 Å². The third-order valence-corrected chi connectivity index (χ3v) is 2.61. The monoisotopic (exact) mass is 254 g/mol. The van der Waals surface area contributed by atoms with Gasteiger partial charge in [0.2, 0.25) is 0 Å². The Labute approximate surface area is 103 Å². The lowest BCUT2D eigenvalue weighted by Gasteiger charge is -2.18. The molecule has 5 heteroatoms. The molecule has 0 atom stereocenters. The number of aromatic nitrogens is 1. The molecule has 1 aromatic heterocycles. The maximum atomic E-state index is 13.6. The molecule has 1 heterocycles. The highest BCUT2D eigenvalue weighted by atomic mass is 19.2. The number of fused-ring (bicyclic) bond motifs is 1. The van der Waals surface area contributed by atoms with Gasteiger partial charge in [0.05, 0.1) is 5.69 Å². The van der Waals surface area contributed by atoms with Crippen LogP contribution in [0.15, 0.2) is 18.3 Å². The fraction of sp³-hybridized carbons (Fsp3) is 0.308. The lowest BCUT2D eigenvalue weighted by Crippen LogP contribution is -2.34. The van der Waals surface area contributed by atoms with Crippen molar-refractivity contribution in [1.29, 1.82) is 0 Å². The molecule has 0 aliphatic carbocycles. The Morgan fingerprint density at radius 3 is 2.44 bits per heavy atom. The van der Waals surface area contributed by atoms with E-state index in [2.05, 4.69) is 4.98 Å². The molecule has 0 saturated carbocycles. The molecule has 18 heavy (non-hydrogen) atoms. The zero-order chi connectivity index (χ0) is 13.5. The fourth-order valence-corrected chi connectivity index (χ4v) is 1.85. The minimum Gasteiger partial charge on any atom is -0.325 e. The van der Waals surface area contributed by atoms with Gasteiger partial charge >= 0.3 is 0 Å². The topological polar surface area (TPSA) is 38.9 Å². The summed E-state index contributed by atoms with van der Waals surface area (Å²) in [6, 6.07) is 2.28. The lowest BCUT2D eigenvalue weighted by molar-refractivity contribution is 0.453. The summed E-state index contributed by atoms with van der Waals surface area (Å²) >= 11 is 0. The number of halogens is 3. The van der Waals surface area contributed by atoms with E-state index in [1.54, 1.807) is 13.8 Å². The van der Waals surface area contributed by atoms with E-state index in [4.69, 9.17) is 5.73 Å². The molecule has 96 valence electrons. The van der Waals surface area contributed by atoms with Crippen LogP contribution in [-0.2, 0) is 6.42 Å². The number of pyridine rings is 1. The van der Waals surface area contributed by atoms with E-state index >= 15 is 0 Å². The largest absolute Gasteiger partial charge is 0.325 e. The summed E-state index contributed by atoms with van der Waals surface area (Å²) in [7, 11) is 0. The van der Waals surface area contributed by atoms with E-state index in [0.717, 1.165) is 6.07 Å². The average Bonchev–Trinajstić information content (AvgIpc) is 2.25. The third kappa shape index (κ3) is 2.31. The number of benzene rings is 1. The molecule has 0 amide bonds. The van der Waals surface area contributed by atoms with Crippen molar-refractivity contribution in [3.8, 4) is 0 Å². The molecule has 2 N–H and O–H groups in total. The Morgan fingerprint density at radius 1 is 1.17 bits per heavy atom. The number of hydrogen-bond acceptors (Lipinski definition) is 2. The van der Waals surface area contributed by atoms with Gasteiger partial charge in [0.25, 0.3) is 0 Å². The molecule has 0 radical (unpaired) electrons. The zero-order valence-electron chi connectivity index (χ0n) is 10.1. The first kappa shape index (κ1) is 12.8. The molecule has 0 aliphatic rings. The highest BCUT2D eigenvalue weighted by Crippen LogP contribution is 2.26. The van der Waals surface area contributed by atoms with Gasteiger partial charge in [-0.25, -0.2) is 13.2 Å². The molecular formula is C13H13F3N2. The SMILES string of the molecule is CC(C)(N)Cc1nccc2c(F)c(F)c(F)cc12. The second kappa shape index (κ2) is 4.24. The summed E-state index contributed by atoms with van der Waals surface area (Å²) < 4.78 is 40.0. The Kier molecular flexibility index (Phi) is 3.02. The number of nitrogens with two attached hydrogens (primary N) is 1. The second-order valence-electron chi connectivity index (χ2n) is 5.00. The van der Waals surface area contributed by atoms with Crippen molar-refractivity contribution >= 4 is 10.8 Å². The maximum Gasteiger partial charge on any atom is 0.195 e. The van der Waals surface area contributed by atoms with Crippen molar-refractivity contribution in [3.63, 3.8) is 0 Å². The van der Waals surface area contributed by atoms with E-state index in [-0.39, 0.29) is 10.8 Å². The average molecular weight is 254 g/mol. The van der Waals surface area contributed by atoms with Crippen molar-refractivity contribution in [1.82, 2.24) is 4.98 Å². The molecule has 2 rings (SSSR count). The zero-order valence-corrected chi connectivity index (χ0v) is 10.1. The molecule has 0 fully saturated rings. The van der Waals surface area contributed by atoms with Crippen LogP contribution in [0.25, 0.3) is 10.8 Å². The quantitative estimate of drug-likeness (QED) is 0.837. The highest BCUT2D eigenvalue weighted by molar-refractivity contribution is 5.85. The minimum absolute atomic E-state index is 0.0168. The second-order valence-corrected chi connectivity index (χ2v) is 5.00. The van der Waals surface area contributed by atoms with Crippen LogP contribution >= 0.6 is 0 Å². The lowest BCUT2D eigenvalue weighted by atomic mass is 9.96. The Morgan fingerprint density at radius 2 is 1.83 bits per heavy atom. The van der Waals surface area contributed by atoms with Gasteiger partial charge in [0.15, 0.2) is 17.5 Å². The molecule has 1 aromatic carbocycles. The van der Waals surface area contributed by atoms with Crippen LogP contribution in [0.1, 0.15) is 19.5 Å². The normalized spacial score (nSPS) is 12.1. The van der Waals surface area contributed by atoms with Crippen LogP contribution in [0.3, 0.4) is 0 Å². The molecule has 0 aliphatic heterocycles. The van der Waals surface area contributed by atoms with Gasteiger partial charge in [-0.05, 0) is 26.0 Å². The van der Waals surface area contributed by atoms with Crippen molar-refractivity contribution in [3.05, 3.63) is 41.5 Å². The summed E-state index contributed by atoms with van der Waals surface area (Å²) in [6.07, 6.45) is 1.71. The third-order valence-electron chi connectivity index (χ3n) is 2.61. The van der Waals surface area contributed by atoms with E-state index in [1.165, 1.54) is 12.3 Å². The smallest absolute Gasteiger partial charge is 0.195 e. The Hall–Kier alpha value is -1.62. The molecule has 0 spiro atoms. The van der Waals surface area contributed by atoms with Gasteiger partial charge in [0, 0.05) is 28.9 Å². The number of rotatable bonds is 2. The van der Waals surface area contributed by atoms with Gasteiger partial charge in [-0.15, -0.1) is 0 Å². The van der Waals surface area contributed by atoms with Crippen molar-refractivity contribution in [2.45, 2.75) is 25.8 Å². The van der Waals surface area contributed by atoms with Gasteiger partial charge in [-0.1, -0.05) is 0 Å². The molecule has 2 nitrogen and oxygen atoms in total. The van der Waals surface area contributed by atoms with Crippen molar-refractivity contribution in [2.24, 2.45) is 5.73 Å². The highest BCUT2D eigenvalue weighted by Gasteiger charge is 2.19. The van der Waals surface area contributed by atoms with Gasteiger partial charge in [-0.2, -0.15) is 0 Å². The molecule has 0 saturated heterocycles.